The predicted octanol–water partition coefficient (Wildman–Crippen LogP) is 1.66. The summed E-state index contributed by atoms with van der Waals surface area (Å²) in [5, 5.41) is 8.71. The average molecular weight is 274 g/mol. The molecule has 0 bridgehead atoms. The number of rotatable bonds is 6. The quantitative estimate of drug-likeness (QED) is 0.799. The second-order valence-electron chi connectivity index (χ2n) is 3.68. The Morgan fingerprint density at radius 3 is 2.35 bits per heavy atom. The Balaban J connectivity index is 2.40. The Morgan fingerprint density at radius 1 is 1.29 bits per heavy atom. The van der Waals surface area contributed by atoms with Crippen LogP contribution >= 0.6 is 11.8 Å². The van der Waals surface area contributed by atoms with E-state index in [9.17, 15) is 13.2 Å². The molecule has 0 spiro atoms. The van der Waals surface area contributed by atoms with Gasteiger partial charge in [-0.25, -0.2) is 13.2 Å². The van der Waals surface area contributed by atoms with Crippen LogP contribution in [0.15, 0.2) is 24.3 Å². The Kier molecular flexibility index (Phi) is 5.02. The number of sulfone groups is 1. The van der Waals surface area contributed by atoms with E-state index in [2.05, 4.69) is 0 Å². The summed E-state index contributed by atoms with van der Waals surface area (Å²) in [4.78, 5) is 10.6. The standard InChI is InChI=1S/C11H14O4S2/c1-17(14,15)7-6-16-8-9-2-4-10(5-3-9)11(12)13/h2-5H,6-8H2,1H3,(H,12,13). The van der Waals surface area contributed by atoms with E-state index in [4.69, 9.17) is 5.11 Å². The van der Waals surface area contributed by atoms with Gasteiger partial charge in [0.25, 0.3) is 0 Å². The molecule has 0 fully saturated rings. The molecule has 0 atom stereocenters. The normalized spacial score (nSPS) is 11.4. The summed E-state index contributed by atoms with van der Waals surface area (Å²) in [6.45, 7) is 0. The van der Waals surface area contributed by atoms with Gasteiger partial charge in [-0.1, -0.05) is 12.1 Å². The lowest BCUT2D eigenvalue weighted by atomic mass is 10.1. The fourth-order valence-electron chi connectivity index (χ4n) is 1.14. The monoisotopic (exact) mass is 274 g/mol. The van der Waals surface area contributed by atoms with E-state index in [0.717, 1.165) is 5.56 Å². The molecule has 1 aromatic carbocycles. The number of thioether (sulfide) groups is 1. The zero-order valence-electron chi connectivity index (χ0n) is 9.42. The van der Waals surface area contributed by atoms with Crippen molar-refractivity contribution in [2.24, 2.45) is 0 Å². The Morgan fingerprint density at radius 2 is 1.88 bits per heavy atom. The van der Waals surface area contributed by atoms with Gasteiger partial charge in [-0.15, -0.1) is 0 Å². The van der Waals surface area contributed by atoms with E-state index in [1.807, 2.05) is 0 Å². The number of carboxylic acids is 1. The molecule has 0 aliphatic rings. The van der Waals surface area contributed by atoms with Crippen molar-refractivity contribution in [2.75, 3.05) is 17.8 Å². The second-order valence-corrected chi connectivity index (χ2v) is 7.05. The lowest BCUT2D eigenvalue weighted by Crippen LogP contribution is -2.05. The average Bonchev–Trinajstić information content (AvgIpc) is 2.24. The van der Waals surface area contributed by atoms with Gasteiger partial charge in [-0.05, 0) is 17.7 Å². The molecular weight excluding hydrogens is 260 g/mol. The van der Waals surface area contributed by atoms with Gasteiger partial charge in [0.05, 0.1) is 11.3 Å². The van der Waals surface area contributed by atoms with Crippen molar-refractivity contribution in [3.63, 3.8) is 0 Å². The SMILES string of the molecule is CS(=O)(=O)CCSCc1ccc(C(=O)O)cc1. The van der Waals surface area contributed by atoms with Crippen molar-refractivity contribution < 1.29 is 18.3 Å². The topological polar surface area (TPSA) is 71.4 Å². The first-order chi connectivity index (χ1) is 7.88. The number of hydrogen-bond donors (Lipinski definition) is 1. The lowest BCUT2D eigenvalue weighted by molar-refractivity contribution is 0.0697. The zero-order chi connectivity index (χ0) is 12.9. The molecule has 6 heteroatoms. The lowest BCUT2D eigenvalue weighted by Gasteiger charge is -2.02. The van der Waals surface area contributed by atoms with Crippen LogP contribution in [-0.4, -0.2) is 37.3 Å². The molecule has 0 aliphatic carbocycles. The molecule has 1 rings (SSSR count). The molecule has 0 radical (unpaired) electrons. The van der Waals surface area contributed by atoms with Gasteiger partial charge in [-0.2, -0.15) is 11.8 Å². The van der Waals surface area contributed by atoms with Crippen LogP contribution < -0.4 is 0 Å². The van der Waals surface area contributed by atoms with Crippen LogP contribution in [-0.2, 0) is 15.6 Å². The van der Waals surface area contributed by atoms with Crippen molar-refractivity contribution in [1.29, 1.82) is 0 Å². The van der Waals surface area contributed by atoms with E-state index >= 15 is 0 Å². The van der Waals surface area contributed by atoms with Crippen LogP contribution in [0, 0.1) is 0 Å². The van der Waals surface area contributed by atoms with E-state index in [-0.39, 0.29) is 11.3 Å². The first-order valence-electron chi connectivity index (χ1n) is 4.96. The van der Waals surface area contributed by atoms with E-state index in [1.54, 1.807) is 24.3 Å². The summed E-state index contributed by atoms with van der Waals surface area (Å²) in [5.41, 5.74) is 1.25. The minimum absolute atomic E-state index is 0.172. The maximum Gasteiger partial charge on any atom is 0.335 e. The number of aromatic carboxylic acids is 1. The summed E-state index contributed by atoms with van der Waals surface area (Å²) < 4.78 is 21.8. The number of carbonyl (C=O) groups is 1. The van der Waals surface area contributed by atoms with Crippen molar-refractivity contribution in [3.8, 4) is 0 Å². The van der Waals surface area contributed by atoms with Crippen molar-refractivity contribution >= 4 is 27.6 Å². The number of hydrogen-bond acceptors (Lipinski definition) is 4. The van der Waals surface area contributed by atoms with E-state index < -0.39 is 15.8 Å². The van der Waals surface area contributed by atoms with Crippen LogP contribution in [0.5, 0.6) is 0 Å². The summed E-state index contributed by atoms with van der Waals surface area (Å²) in [7, 11) is -2.90. The van der Waals surface area contributed by atoms with Crippen molar-refractivity contribution in [1.82, 2.24) is 0 Å². The van der Waals surface area contributed by atoms with Gasteiger partial charge in [-0.3, -0.25) is 0 Å². The van der Waals surface area contributed by atoms with Crippen LogP contribution in [0.1, 0.15) is 15.9 Å². The summed E-state index contributed by atoms with van der Waals surface area (Å²) in [5.74, 6) is 0.473. The summed E-state index contributed by atoms with van der Waals surface area (Å²) in [6, 6.07) is 6.59. The smallest absolute Gasteiger partial charge is 0.335 e. The highest BCUT2D eigenvalue weighted by atomic mass is 32.2. The minimum atomic E-state index is -2.90. The highest BCUT2D eigenvalue weighted by molar-refractivity contribution is 7.99. The molecular formula is C11H14O4S2. The molecule has 94 valence electrons. The number of benzene rings is 1. The maximum atomic E-state index is 10.9. The number of carboxylic acid groups (broad SMARTS) is 1. The van der Waals surface area contributed by atoms with E-state index in [1.165, 1.54) is 18.0 Å². The largest absolute Gasteiger partial charge is 0.478 e. The zero-order valence-corrected chi connectivity index (χ0v) is 11.1. The molecule has 0 saturated carbocycles. The third kappa shape index (κ3) is 5.74. The Labute approximate surface area is 105 Å². The second kappa shape index (κ2) is 6.07. The predicted molar refractivity (Wildman–Crippen MR) is 69.3 cm³/mol. The Bertz CT molecular complexity index is 477. The van der Waals surface area contributed by atoms with Gasteiger partial charge in [0.15, 0.2) is 0 Å². The molecule has 4 nitrogen and oxygen atoms in total. The highest BCUT2D eigenvalue weighted by Gasteiger charge is 2.03. The van der Waals surface area contributed by atoms with Gasteiger partial charge < -0.3 is 5.11 Å². The fourth-order valence-corrected chi connectivity index (χ4v) is 3.40. The first-order valence-corrected chi connectivity index (χ1v) is 8.18. The summed E-state index contributed by atoms with van der Waals surface area (Å²) in [6.07, 6.45) is 1.22. The first kappa shape index (κ1) is 14.1. The van der Waals surface area contributed by atoms with Gasteiger partial charge >= 0.3 is 5.97 Å². The van der Waals surface area contributed by atoms with Gasteiger partial charge in [0, 0.05) is 17.8 Å². The fraction of sp³-hybridized carbons (Fsp3) is 0.364. The summed E-state index contributed by atoms with van der Waals surface area (Å²) >= 11 is 1.52. The molecule has 1 aromatic rings. The third-order valence-electron chi connectivity index (χ3n) is 2.07. The molecule has 0 heterocycles. The van der Waals surface area contributed by atoms with Crippen LogP contribution in [0.25, 0.3) is 0 Å². The molecule has 1 N–H and O–H groups in total. The molecule has 17 heavy (non-hydrogen) atoms. The molecule has 0 unspecified atom stereocenters. The highest BCUT2D eigenvalue weighted by Crippen LogP contribution is 2.13. The van der Waals surface area contributed by atoms with Crippen LogP contribution in [0.2, 0.25) is 0 Å². The van der Waals surface area contributed by atoms with Crippen LogP contribution in [0.4, 0.5) is 0 Å². The molecule has 0 amide bonds. The maximum absolute atomic E-state index is 10.9. The molecule has 0 saturated heterocycles. The minimum Gasteiger partial charge on any atom is -0.478 e. The molecule has 0 aromatic heterocycles. The Hall–Kier alpha value is -1.01. The van der Waals surface area contributed by atoms with Crippen LogP contribution in [0.3, 0.4) is 0 Å². The van der Waals surface area contributed by atoms with E-state index in [0.29, 0.717) is 11.5 Å². The van der Waals surface area contributed by atoms with Gasteiger partial charge in [0.2, 0.25) is 0 Å². The van der Waals surface area contributed by atoms with Gasteiger partial charge in [0.1, 0.15) is 9.84 Å². The molecule has 0 aliphatic heterocycles. The van der Waals surface area contributed by atoms with Crippen molar-refractivity contribution in [3.05, 3.63) is 35.4 Å². The third-order valence-corrected chi connectivity index (χ3v) is 4.30. The van der Waals surface area contributed by atoms with Crippen molar-refractivity contribution in [2.45, 2.75) is 5.75 Å².